The summed E-state index contributed by atoms with van der Waals surface area (Å²) in [5, 5.41) is 4.31. The van der Waals surface area contributed by atoms with Gasteiger partial charge in [-0.3, -0.25) is 0 Å². The number of hydrogen-bond donors (Lipinski definition) is 1. The molecule has 1 fully saturated rings. The molecule has 0 saturated carbocycles. The van der Waals surface area contributed by atoms with Gasteiger partial charge in [0.1, 0.15) is 0 Å². The highest BCUT2D eigenvalue weighted by atomic mass is 79.9. The Morgan fingerprint density at radius 1 is 1.50 bits per heavy atom. The Labute approximate surface area is 122 Å². The summed E-state index contributed by atoms with van der Waals surface area (Å²) in [5.74, 6) is 0. The zero-order chi connectivity index (χ0) is 13.0. The second kappa shape index (κ2) is 6.78. The van der Waals surface area contributed by atoms with Crippen LogP contribution in [0.15, 0.2) is 22.7 Å². The standard InChI is InChI=1S/C14H19BrClNO/c1-2-4-11-9-10(7-8-18-11)17-13-6-3-5-12(16)14(13)15/h3,5-6,10-11,17H,2,4,7-9H2,1H3. The lowest BCUT2D eigenvalue weighted by atomic mass is 10.00. The third kappa shape index (κ3) is 3.62. The average Bonchev–Trinajstić information content (AvgIpc) is 2.36. The first-order valence-corrected chi connectivity index (χ1v) is 7.70. The van der Waals surface area contributed by atoms with Crippen molar-refractivity contribution in [3.63, 3.8) is 0 Å². The van der Waals surface area contributed by atoms with Crippen molar-refractivity contribution in [1.29, 1.82) is 0 Å². The first-order valence-electron chi connectivity index (χ1n) is 6.53. The van der Waals surface area contributed by atoms with E-state index in [1.165, 1.54) is 6.42 Å². The molecule has 1 N–H and O–H groups in total. The Morgan fingerprint density at radius 2 is 2.33 bits per heavy atom. The zero-order valence-corrected chi connectivity index (χ0v) is 12.9. The topological polar surface area (TPSA) is 21.3 Å². The van der Waals surface area contributed by atoms with E-state index in [4.69, 9.17) is 16.3 Å². The third-order valence-electron chi connectivity index (χ3n) is 3.29. The predicted molar refractivity (Wildman–Crippen MR) is 80.4 cm³/mol. The average molecular weight is 333 g/mol. The SMILES string of the molecule is CCCC1CC(Nc2cccc(Cl)c2Br)CCO1. The molecule has 1 heterocycles. The maximum absolute atomic E-state index is 6.10. The maximum Gasteiger partial charge on any atom is 0.0594 e. The summed E-state index contributed by atoms with van der Waals surface area (Å²) < 4.78 is 6.71. The molecule has 2 atom stereocenters. The molecule has 1 aromatic carbocycles. The molecule has 0 spiro atoms. The molecule has 18 heavy (non-hydrogen) atoms. The zero-order valence-electron chi connectivity index (χ0n) is 10.6. The van der Waals surface area contributed by atoms with Crippen molar-refractivity contribution in [1.82, 2.24) is 0 Å². The summed E-state index contributed by atoms with van der Waals surface area (Å²) in [7, 11) is 0. The molecular weight excluding hydrogens is 314 g/mol. The van der Waals surface area contributed by atoms with Crippen molar-refractivity contribution in [3.8, 4) is 0 Å². The molecule has 0 aromatic heterocycles. The van der Waals surface area contributed by atoms with Gasteiger partial charge in [-0.2, -0.15) is 0 Å². The second-order valence-corrected chi connectivity index (χ2v) is 5.95. The third-order valence-corrected chi connectivity index (χ3v) is 4.69. The summed E-state index contributed by atoms with van der Waals surface area (Å²) in [5.41, 5.74) is 1.07. The van der Waals surface area contributed by atoms with Gasteiger partial charge < -0.3 is 10.1 Å². The molecule has 100 valence electrons. The number of benzene rings is 1. The quantitative estimate of drug-likeness (QED) is 0.850. The first kappa shape index (κ1) is 14.2. The second-order valence-electron chi connectivity index (χ2n) is 4.75. The van der Waals surface area contributed by atoms with Gasteiger partial charge in [-0.25, -0.2) is 0 Å². The van der Waals surface area contributed by atoms with Gasteiger partial charge in [0.15, 0.2) is 0 Å². The van der Waals surface area contributed by atoms with Crippen LogP contribution in [0, 0.1) is 0 Å². The Balaban J connectivity index is 1.98. The van der Waals surface area contributed by atoms with Crippen LogP contribution in [0.1, 0.15) is 32.6 Å². The Kier molecular flexibility index (Phi) is 5.34. The van der Waals surface area contributed by atoms with Crippen LogP contribution in [-0.4, -0.2) is 18.8 Å². The molecule has 0 amide bonds. The Hall–Kier alpha value is -0.250. The van der Waals surface area contributed by atoms with E-state index in [2.05, 4.69) is 34.2 Å². The van der Waals surface area contributed by atoms with E-state index in [1.807, 2.05) is 12.1 Å². The van der Waals surface area contributed by atoms with E-state index in [1.54, 1.807) is 0 Å². The van der Waals surface area contributed by atoms with Crippen molar-refractivity contribution in [3.05, 3.63) is 27.7 Å². The van der Waals surface area contributed by atoms with Gasteiger partial charge in [-0.05, 0) is 47.3 Å². The first-order chi connectivity index (χ1) is 8.70. The fourth-order valence-corrected chi connectivity index (χ4v) is 2.92. The van der Waals surface area contributed by atoms with Crippen LogP contribution >= 0.6 is 27.5 Å². The van der Waals surface area contributed by atoms with Crippen LogP contribution in [-0.2, 0) is 4.74 Å². The Morgan fingerprint density at radius 3 is 3.11 bits per heavy atom. The largest absolute Gasteiger partial charge is 0.381 e. The lowest BCUT2D eigenvalue weighted by Gasteiger charge is -2.31. The molecule has 1 aliphatic heterocycles. The van der Waals surface area contributed by atoms with E-state index in [0.717, 1.165) is 41.1 Å². The number of anilines is 1. The summed E-state index contributed by atoms with van der Waals surface area (Å²) in [6.45, 7) is 3.05. The normalized spacial score (nSPS) is 23.9. The van der Waals surface area contributed by atoms with E-state index < -0.39 is 0 Å². The molecule has 1 saturated heterocycles. The van der Waals surface area contributed by atoms with Crippen LogP contribution in [0.4, 0.5) is 5.69 Å². The van der Waals surface area contributed by atoms with Gasteiger partial charge in [0, 0.05) is 12.6 Å². The Bertz CT molecular complexity index is 397. The fraction of sp³-hybridized carbons (Fsp3) is 0.571. The van der Waals surface area contributed by atoms with Crippen molar-refractivity contribution in [2.24, 2.45) is 0 Å². The van der Waals surface area contributed by atoms with Crippen LogP contribution in [0.3, 0.4) is 0 Å². The van der Waals surface area contributed by atoms with E-state index in [9.17, 15) is 0 Å². The van der Waals surface area contributed by atoms with E-state index in [-0.39, 0.29) is 0 Å². The molecule has 2 unspecified atom stereocenters. The number of nitrogens with one attached hydrogen (secondary N) is 1. The summed E-state index contributed by atoms with van der Waals surface area (Å²) in [6.07, 6.45) is 4.86. The highest BCUT2D eigenvalue weighted by Gasteiger charge is 2.22. The van der Waals surface area contributed by atoms with E-state index >= 15 is 0 Å². The molecule has 1 aromatic rings. The highest BCUT2D eigenvalue weighted by Crippen LogP contribution is 2.32. The molecule has 2 nitrogen and oxygen atoms in total. The molecule has 4 heteroatoms. The van der Waals surface area contributed by atoms with Crippen LogP contribution in [0.25, 0.3) is 0 Å². The summed E-state index contributed by atoms with van der Waals surface area (Å²) in [4.78, 5) is 0. The summed E-state index contributed by atoms with van der Waals surface area (Å²) in [6, 6.07) is 6.39. The van der Waals surface area contributed by atoms with Crippen molar-refractivity contribution >= 4 is 33.2 Å². The predicted octanol–water partition coefficient (Wildman–Crippen LogP) is 4.86. The minimum Gasteiger partial charge on any atom is -0.381 e. The minimum atomic E-state index is 0.402. The number of rotatable bonds is 4. The van der Waals surface area contributed by atoms with Crippen LogP contribution in [0.5, 0.6) is 0 Å². The fourth-order valence-electron chi connectivity index (χ4n) is 2.37. The molecular formula is C14H19BrClNO. The van der Waals surface area contributed by atoms with Crippen molar-refractivity contribution < 1.29 is 4.74 Å². The van der Waals surface area contributed by atoms with Gasteiger partial charge in [-0.1, -0.05) is 31.0 Å². The molecule has 1 aliphatic rings. The van der Waals surface area contributed by atoms with Crippen molar-refractivity contribution in [2.45, 2.75) is 44.8 Å². The van der Waals surface area contributed by atoms with Gasteiger partial charge in [0.2, 0.25) is 0 Å². The van der Waals surface area contributed by atoms with Crippen LogP contribution < -0.4 is 5.32 Å². The van der Waals surface area contributed by atoms with Crippen molar-refractivity contribution in [2.75, 3.05) is 11.9 Å². The lowest BCUT2D eigenvalue weighted by Crippen LogP contribution is -2.34. The number of halogens is 2. The molecule has 0 bridgehead atoms. The van der Waals surface area contributed by atoms with Gasteiger partial charge >= 0.3 is 0 Å². The van der Waals surface area contributed by atoms with Gasteiger partial charge in [0.05, 0.1) is 21.3 Å². The molecule has 0 aliphatic carbocycles. The van der Waals surface area contributed by atoms with Gasteiger partial charge in [-0.15, -0.1) is 0 Å². The number of hydrogen-bond acceptors (Lipinski definition) is 2. The smallest absolute Gasteiger partial charge is 0.0594 e. The number of ether oxygens (including phenoxy) is 1. The highest BCUT2D eigenvalue weighted by molar-refractivity contribution is 9.10. The summed E-state index contributed by atoms with van der Waals surface area (Å²) >= 11 is 9.63. The molecule has 0 radical (unpaired) electrons. The minimum absolute atomic E-state index is 0.402. The monoisotopic (exact) mass is 331 g/mol. The van der Waals surface area contributed by atoms with Crippen LogP contribution in [0.2, 0.25) is 5.02 Å². The maximum atomic E-state index is 6.10. The lowest BCUT2D eigenvalue weighted by molar-refractivity contribution is 0.00597. The van der Waals surface area contributed by atoms with Gasteiger partial charge in [0.25, 0.3) is 0 Å². The van der Waals surface area contributed by atoms with E-state index in [0.29, 0.717) is 12.1 Å². The molecule has 2 rings (SSSR count).